The Balaban J connectivity index is 2.25. The van der Waals surface area contributed by atoms with Crippen LogP contribution in [-0.4, -0.2) is 50.3 Å². The minimum absolute atomic E-state index is 0.0704. The zero-order valence-corrected chi connectivity index (χ0v) is 13.7. The molecule has 1 aromatic carbocycles. The van der Waals surface area contributed by atoms with Gasteiger partial charge in [-0.05, 0) is 18.9 Å². The Bertz CT molecular complexity index is 727. The van der Waals surface area contributed by atoms with Gasteiger partial charge in [0.05, 0.1) is 11.5 Å². The van der Waals surface area contributed by atoms with Gasteiger partial charge in [-0.1, -0.05) is 30.3 Å². The van der Waals surface area contributed by atoms with Crippen molar-refractivity contribution in [3.8, 4) is 0 Å². The van der Waals surface area contributed by atoms with Gasteiger partial charge in [-0.15, -0.1) is 0 Å². The summed E-state index contributed by atoms with van der Waals surface area (Å²) in [4.78, 5) is 24.8. The van der Waals surface area contributed by atoms with Crippen LogP contribution in [0.2, 0.25) is 0 Å². The first kappa shape index (κ1) is 17.6. The van der Waals surface area contributed by atoms with Crippen LogP contribution >= 0.6 is 0 Å². The van der Waals surface area contributed by atoms with Crippen LogP contribution in [-0.2, 0) is 13.5 Å². The van der Waals surface area contributed by atoms with Gasteiger partial charge < -0.3 is 10.0 Å². The van der Waals surface area contributed by atoms with Crippen molar-refractivity contribution in [1.82, 2.24) is 14.7 Å². The van der Waals surface area contributed by atoms with E-state index in [0.717, 1.165) is 5.56 Å². The van der Waals surface area contributed by atoms with Crippen molar-refractivity contribution in [1.29, 1.82) is 0 Å². The number of aryl methyl sites for hydroxylation is 2. The van der Waals surface area contributed by atoms with Gasteiger partial charge in [0, 0.05) is 20.1 Å². The quantitative estimate of drug-likeness (QED) is 0.608. The van der Waals surface area contributed by atoms with Crippen LogP contribution in [0.1, 0.15) is 21.7 Å². The van der Waals surface area contributed by atoms with Gasteiger partial charge in [0.1, 0.15) is 5.69 Å². The number of aromatic nitrogens is 2. The number of carbonyl (C=O) groups is 1. The second kappa shape index (κ2) is 7.69. The Labute approximate surface area is 139 Å². The molecule has 128 valence electrons. The van der Waals surface area contributed by atoms with Gasteiger partial charge in [0.25, 0.3) is 5.91 Å². The standard InChI is InChI=1S/C16H20N4O4/c1-12-14(20(23)24)15(18(2)17-12)16(22)19(10-11-21)9-8-13-6-4-3-5-7-13/h3-7,21H,8-11H2,1-2H3. The largest absolute Gasteiger partial charge is 0.395 e. The number of hydrogen-bond donors (Lipinski definition) is 1. The molecule has 0 unspecified atom stereocenters. The van der Waals surface area contributed by atoms with Crippen LogP contribution < -0.4 is 0 Å². The first-order valence-electron chi connectivity index (χ1n) is 7.57. The molecule has 0 saturated carbocycles. The van der Waals surface area contributed by atoms with Gasteiger partial charge in [0.15, 0.2) is 0 Å². The van der Waals surface area contributed by atoms with Crippen molar-refractivity contribution in [2.45, 2.75) is 13.3 Å². The summed E-state index contributed by atoms with van der Waals surface area (Å²) in [5, 5.41) is 24.5. The molecule has 2 rings (SSSR count). The molecule has 0 saturated heterocycles. The normalized spacial score (nSPS) is 10.6. The van der Waals surface area contributed by atoms with Crippen molar-refractivity contribution in [2.24, 2.45) is 7.05 Å². The number of nitrogens with zero attached hydrogens (tertiary/aromatic N) is 4. The second-order valence-electron chi connectivity index (χ2n) is 5.41. The lowest BCUT2D eigenvalue weighted by molar-refractivity contribution is -0.385. The van der Waals surface area contributed by atoms with Crippen molar-refractivity contribution < 1.29 is 14.8 Å². The van der Waals surface area contributed by atoms with Crippen LogP contribution in [0.15, 0.2) is 30.3 Å². The number of aliphatic hydroxyl groups excluding tert-OH is 1. The van der Waals surface area contributed by atoms with E-state index < -0.39 is 10.8 Å². The fraction of sp³-hybridized carbons (Fsp3) is 0.375. The molecule has 0 aliphatic carbocycles. The van der Waals surface area contributed by atoms with E-state index in [-0.39, 0.29) is 30.2 Å². The second-order valence-corrected chi connectivity index (χ2v) is 5.41. The summed E-state index contributed by atoms with van der Waals surface area (Å²) >= 11 is 0. The number of amides is 1. The average Bonchev–Trinajstić information content (AvgIpc) is 2.86. The molecular weight excluding hydrogens is 312 g/mol. The third-order valence-electron chi connectivity index (χ3n) is 3.75. The van der Waals surface area contributed by atoms with Gasteiger partial charge in [0.2, 0.25) is 5.69 Å². The Morgan fingerprint density at radius 3 is 2.58 bits per heavy atom. The summed E-state index contributed by atoms with van der Waals surface area (Å²) in [7, 11) is 1.50. The summed E-state index contributed by atoms with van der Waals surface area (Å²) in [5.41, 5.74) is 0.881. The molecule has 0 fully saturated rings. The molecule has 0 radical (unpaired) electrons. The van der Waals surface area contributed by atoms with Gasteiger partial charge >= 0.3 is 5.69 Å². The molecule has 0 bridgehead atoms. The van der Waals surface area contributed by atoms with Gasteiger partial charge in [-0.2, -0.15) is 5.10 Å². The first-order chi connectivity index (χ1) is 11.5. The Morgan fingerprint density at radius 1 is 1.33 bits per heavy atom. The van der Waals surface area contributed by atoms with Crippen LogP contribution in [0.4, 0.5) is 5.69 Å². The highest BCUT2D eigenvalue weighted by Gasteiger charge is 2.31. The highest BCUT2D eigenvalue weighted by Crippen LogP contribution is 2.23. The summed E-state index contributed by atoms with van der Waals surface area (Å²) in [6.07, 6.45) is 0.594. The molecule has 8 heteroatoms. The fourth-order valence-electron chi connectivity index (χ4n) is 2.60. The molecule has 2 aromatic rings. The SMILES string of the molecule is Cc1nn(C)c(C(=O)N(CCO)CCc2ccccc2)c1[N+](=O)[O-]. The molecule has 0 aliphatic heterocycles. The third-order valence-corrected chi connectivity index (χ3v) is 3.75. The van der Waals surface area contributed by atoms with E-state index in [9.17, 15) is 20.0 Å². The lowest BCUT2D eigenvalue weighted by Crippen LogP contribution is -2.36. The van der Waals surface area contributed by atoms with E-state index in [2.05, 4.69) is 5.10 Å². The number of rotatable bonds is 7. The molecule has 0 spiro atoms. The first-order valence-corrected chi connectivity index (χ1v) is 7.57. The molecule has 1 N–H and O–H groups in total. The molecule has 1 aromatic heterocycles. The van der Waals surface area contributed by atoms with E-state index in [1.54, 1.807) is 0 Å². The van der Waals surface area contributed by atoms with Crippen molar-refractivity contribution in [2.75, 3.05) is 19.7 Å². The van der Waals surface area contributed by atoms with E-state index in [1.165, 1.54) is 23.6 Å². The summed E-state index contributed by atoms with van der Waals surface area (Å²) in [6, 6.07) is 9.60. The van der Waals surface area contributed by atoms with Crippen molar-refractivity contribution >= 4 is 11.6 Å². The number of hydrogen-bond acceptors (Lipinski definition) is 5. The molecule has 24 heavy (non-hydrogen) atoms. The van der Waals surface area contributed by atoms with Crippen molar-refractivity contribution in [3.05, 3.63) is 57.4 Å². The number of carbonyl (C=O) groups excluding carboxylic acids is 1. The van der Waals surface area contributed by atoms with E-state index in [0.29, 0.717) is 13.0 Å². The van der Waals surface area contributed by atoms with Crippen LogP contribution in [0, 0.1) is 17.0 Å². The minimum Gasteiger partial charge on any atom is -0.395 e. The Hall–Kier alpha value is -2.74. The van der Waals surface area contributed by atoms with Crippen molar-refractivity contribution in [3.63, 3.8) is 0 Å². The van der Waals surface area contributed by atoms with Crippen LogP contribution in [0.5, 0.6) is 0 Å². The number of benzene rings is 1. The topological polar surface area (TPSA) is 102 Å². The summed E-state index contributed by atoms with van der Waals surface area (Å²) in [6.45, 7) is 1.73. The smallest absolute Gasteiger partial charge is 0.322 e. The molecule has 1 amide bonds. The van der Waals surface area contributed by atoms with Gasteiger partial charge in [-0.25, -0.2) is 0 Å². The highest BCUT2D eigenvalue weighted by molar-refractivity contribution is 5.97. The Kier molecular flexibility index (Phi) is 5.64. The van der Waals surface area contributed by atoms with Gasteiger partial charge in [-0.3, -0.25) is 19.6 Å². The van der Waals surface area contributed by atoms with E-state index in [4.69, 9.17) is 0 Å². The molecule has 8 nitrogen and oxygen atoms in total. The molecule has 0 atom stereocenters. The maximum Gasteiger partial charge on any atom is 0.322 e. The molecule has 1 heterocycles. The summed E-state index contributed by atoms with van der Waals surface area (Å²) in [5.74, 6) is -0.505. The maximum absolute atomic E-state index is 12.8. The zero-order chi connectivity index (χ0) is 17.7. The highest BCUT2D eigenvalue weighted by atomic mass is 16.6. The Morgan fingerprint density at radius 2 is 2.00 bits per heavy atom. The fourth-order valence-corrected chi connectivity index (χ4v) is 2.60. The number of nitro groups is 1. The van der Waals surface area contributed by atoms with Crippen LogP contribution in [0.3, 0.4) is 0 Å². The predicted molar refractivity (Wildman–Crippen MR) is 87.7 cm³/mol. The maximum atomic E-state index is 12.8. The lowest BCUT2D eigenvalue weighted by Gasteiger charge is -2.21. The summed E-state index contributed by atoms with van der Waals surface area (Å²) < 4.78 is 1.22. The van der Waals surface area contributed by atoms with Crippen LogP contribution in [0.25, 0.3) is 0 Å². The predicted octanol–water partition coefficient (Wildman–Crippen LogP) is 1.31. The van der Waals surface area contributed by atoms with E-state index >= 15 is 0 Å². The minimum atomic E-state index is -0.593. The third kappa shape index (κ3) is 3.77. The monoisotopic (exact) mass is 332 g/mol. The van der Waals surface area contributed by atoms with E-state index in [1.807, 2.05) is 30.3 Å². The average molecular weight is 332 g/mol. The zero-order valence-electron chi connectivity index (χ0n) is 13.7. The number of aliphatic hydroxyl groups is 1. The lowest BCUT2D eigenvalue weighted by atomic mass is 10.1. The molecule has 0 aliphatic rings. The molecular formula is C16H20N4O4.